The van der Waals surface area contributed by atoms with E-state index in [9.17, 15) is 17.9 Å². The second-order valence-electron chi connectivity index (χ2n) is 8.96. The predicted molar refractivity (Wildman–Crippen MR) is 132 cm³/mol. The zero-order chi connectivity index (χ0) is 25.6. The molecule has 0 saturated heterocycles. The lowest BCUT2D eigenvalue weighted by molar-refractivity contribution is 0.0733. The van der Waals surface area contributed by atoms with Gasteiger partial charge in [0.25, 0.3) is 0 Å². The Morgan fingerprint density at radius 3 is 2.66 bits per heavy atom. The number of hydrogen-bond donors (Lipinski definition) is 1. The molecule has 9 heteroatoms. The monoisotopic (exact) mass is 504 g/mol. The summed E-state index contributed by atoms with van der Waals surface area (Å²) in [5.74, 6) is 5.61. The quantitative estimate of drug-likeness (QED) is 0.585. The molecule has 0 amide bonds. The highest BCUT2D eigenvalue weighted by Crippen LogP contribution is 2.34. The van der Waals surface area contributed by atoms with Gasteiger partial charge >= 0.3 is 0 Å². The van der Waals surface area contributed by atoms with Gasteiger partial charge in [0.15, 0.2) is 0 Å². The summed E-state index contributed by atoms with van der Waals surface area (Å²) in [5.41, 5.74) is 1.58. The molecule has 190 valence electrons. The van der Waals surface area contributed by atoms with Gasteiger partial charge in [-0.1, -0.05) is 30.9 Å². The lowest BCUT2D eigenvalue weighted by Crippen LogP contribution is -2.49. The highest BCUT2D eigenvalue weighted by molar-refractivity contribution is 7.89. The summed E-state index contributed by atoms with van der Waals surface area (Å²) >= 11 is 0. The molecule has 1 N–H and O–H groups in total. The van der Waals surface area contributed by atoms with Crippen molar-refractivity contribution in [3.05, 3.63) is 59.4 Å². The van der Waals surface area contributed by atoms with E-state index >= 15 is 0 Å². The summed E-state index contributed by atoms with van der Waals surface area (Å²) in [6.45, 7) is 4.89. The second-order valence-corrected chi connectivity index (χ2v) is 10.8. The molecule has 7 nitrogen and oxygen atoms in total. The molecule has 2 aromatic carbocycles. The molecule has 2 aromatic rings. The Bertz CT molecular complexity index is 1160. The van der Waals surface area contributed by atoms with Crippen molar-refractivity contribution in [2.45, 2.75) is 37.4 Å². The molecule has 1 aliphatic heterocycles. The van der Waals surface area contributed by atoms with Crippen LogP contribution in [0.2, 0.25) is 0 Å². The highest BCUT2D eigenvalue weighted by atomic mass is 32.2. The molecule has 1 aliphatic rings. The first-order chi connectivity index (χ1) is 16.6. The van der Waals surface area contributed by atoms with Crippen LogP contribution in [0.25, 0.3) is 0 Å². The van der Waals surface area contributed by atoms with Gasteiger partial charge in [-0.05, 0) is 49.9 Å². The molecule has 0 aromatic heterocycles. The SMILES string of the molecule is COCC#Cc1ccc2c(c1)O[C@@H](CN(C)Cc1ccc(F)cc1)[C@H](C)CN([C@@H](C)CO)S2(=O)=O. The summed E-state index contributed by atoms with van der Waals surface area (Å²) in [6, 6.07) is 10.5. The van der Waals surface area contributed by atoms with Crippen LogP contribution in [-0.2, 0) is 21.3 Å². The van der Waals surface area contributed by atoms with Crippen LogP contribution in [0, 0.1) is 23.6 Å². The molecule has 0 saturated carbocycles. The van der Waals surface area contributed by atoms with Gasteiger partial charge in [0.05, 0.1) is 6.61 Å². The fraction of sp³-hybridized carbons (Fsp3) is 0.462. The Labute approximate surface area is 207 Å². The maximum Gasteiger partial charge on any atom is 0.247 e. The molecule has 1 heterocycles. The van der Waals surface area contributed by atoms with Crippen LogP contribution in [0.15, 0.2) is 47.4 Å². The van der Waals surface area contributed by atoms with Crippen molar-refractivity contribution < 1.29 is 27.4 Å². The number of rotatable bonds is 7. The minimum absolute atomic E-state index is 0.0492. The van der Waals surface area contributed by atoms with Crippen LogP contribution >= 0.6 is 0 Å². The summed E-state index contributed by atoms with van der Waals surface area (Å²) in [6.07, 6.45) is -0.342. The Hall–Kier alpha value is -2.48. The Morgan fingerprint density at radius 2 is 2.00 bits per heavy atom. The molecule has 3 rings (SSSR count). The summed E-state index contributed by atoms with van der Waals surface area (Å²) < 4.78 is 53.0. The number of nitrogens with zero attached hydrogens (tertiary/aromatic N) is 2. The maximum atomic E-state index is 13.5. The van der Waals surface area contributed by atoms with Gasteiger partial charge in [-0.2, -0.15) is 4.31 Å². The average Bonchev–Trinajstić information content (AvgIpc) is 2.82. The first-order valence-electron chi connectivity index (χ1n) is 11.5. The Kier molecular flexibility index (Phi) is 9.27. The normalized spacial score (nSPS) is 20.7. The number of hydrogen-bond acceptors (Lipinski definition) is 6. The van der Waals surface area contributed by atoms with E-state index < -0.39 is 16.1 Å². The van der Waals surface area contributed by atoms with Crippen LogP contribution in [0.4, 0.5) is 4.39 Å². The third-order valence-corrected chi connectivity index (χ3v) is 7.99. The Morgan fingerprint density at radius 1 is 1.29 bits per heavy atom. The van der Waals surface area contributed by atoms with Gasteiger partial charge in [-0.25, -0.2) is 12.8 Å². The number of aliphatic hydroxyl groups excluding tert-OH is 1. The van der Waals surface area contributed by atoms with Crippen LogP contribution in [0.5, 0.6) is 5.75 Å². The number of methoxy groups -OCH3 is 1. The number of benzene rings is 2. The van der Waals surface area contributed by atoms with Gasteiger partial charge < -0.3 is 14.6 Å². The minimum atomic E-state index is -3.91. The lowest BCUT2D eigenvalue weighted by Gasteiger charge is -2.37. The van der Waals surface area contributed by atoms with Crippen molar-refractivity contribution in [1.29, 1.82) is 0 Å². The third kappa shape index (κ3) is 6.81. The van der Waals surface area contributed by atoms with E-state index in [4.69, 9.17) is 9.47 Å². The number of sulfonamides is 1. The number of halogens is 1. The van der Waals surface area contributed by atoms with E-state index in [1.807, 2.05) is 14.0 Å². The fourth-order valence-corrected chi connectivity index (χ4v) is 5.83. The van der Waals surface area contributed by atoms with Crippen LogP contribution in [0.3, 0.4) is 0 Å². The molecule has 0 bridgehead atoms. The first kappa shape index (κ1) is 27.1. The van der Waals surface area contributed by atoms with Gasteiger partial charge in [-0.3, -0.25) is 4.90 Å². The molecule has 0 unspecified atom stereocenters. The van der Waals surface area contributed by atoms with E-state index in [0.717, 1.165) is 5.56 Å². The van der Waals surface area contributed by atoms with Crippen LogP contribution < -0.4 is 4.74 Å². The van der Waals surface area contributed by atoms with E-state index in [0.29, 0.717) is 18.7 Å². The van der Waals surface area contributed by atoms with Gasteiger partial charge in [0.1, 0.15) is 29.2 Å². The van der Waals surface area contributed by atoms with E-state index in [2.05, 4.69) is 16.7 Å². The van der Waals surface area contributed by atoms with E-state index in [1.165, 1.54) is 22.5 Å². The molecular formula is C26H33FN2O5S. The summed E-state index contributed by atoms with van der Waals surface area (Å²) in [4.78, 5) is 2.11. The van der Waals surface area contributed by atoms with Gasteiger partial charge in [0.2, 0.25) is 10.0 Å². The third-order valence-electron chi connectivity index (χ3n) is 5.97. The second kappa shape index (κ2) is 12.0. The zero-order valence-electron chi connectivity index (χ0n) is 20.6. The van der Waals surface area contributed by atoms with Crippen molar-refractivity contribution in [2.24, 2.45) is 5.92 Å². The van der Waals surface area contributed by atoms with Crippen molar-refractivity contribution in [1.82, 2.24) is 9.21 Å². The minimum Gasteiger partial charge on any atom is -0.487 e. The molecule has 35 heavy (non-hydrogen) atoms. The molecule has 0 spiro atoms. The van der Waals surface area contributed by atoms with Crippen molar-refractivity contribution in [3.8, 4) is 17.6 Å². The van der Waals surface area contributed by atoms with Crippen molar-refractivity contribution in [2.75, 3.05) is 40.5 Å². The maximum absolute atomic E-state index is 13.5. The van der Waals surface area contributed by atoms with Crippen molar-refractivity contribution >= 4 is 10.0 Å². The number of ether oxygens (including phenoxy) is 2. The number of fused-ring (bicyclic) bond motifs is 1. The fourth-order valence-electron chi connectivity index (χ4n) is 4.00. The van der Waals surface area contributed by atoms with Crippen molar-refractivity contribution in [3.63, 3.8) is 0 Å². The smallest absolute Gasteiger partial charge is 0.247 e. The zero-order valence-corrected chi connectivity index (χ0v) is 21.4. The van der Waals surface area contributed by atoms with Gasteiger partial charge in [-0.15, -0.1) is 0 Å². The molecule has 0 aliphatic carbocycles. The largest absolute Gasteiger partial charge is 0.487 e. The van der Waals surface area contributed by atoms with Crippen LogP contribution in [0.1, 0.15) is 25.0 Å². The summed E-state index contributed by atoms with van der Waals surface area (Å²) in [7, 11) is -0.414. The first-order valence-corrected chi connectivity index (χ1v) is 12.9. The average molecular weight is 505 g/mol. The predicted octanol–water partition coefficient (Wildman–Crippen LogP) is 2.72. The highest BCUT2D eigenvalue weighted by Gasteiger charge is 2.38. The standard InChI is InChI=1S/C26H33FN2O5S/c1-19-15-29(20(2)18-30)35(31,32)26-12-9-21(6-5-13-33-4)14-24(26)34-25(19)17-28(3)16-22-7-10-23(27)11-8-22/h7-12,14,19-20,25,30H,13,15-18H2,1-4H3/t19-,20+,25+/m1/s1. The molecule has 3 atom stereocenters. The topological polar surface area (TPSA) is 79.3 Å². The lowest BCUT2D eigenvalue weighted by atomic mass is 10.0. The van der Waals surface area contributed by atoms with Gasteiger partial charge in [0, 0.05) is 44.3 Å². The van der Waals surface area contributed by atoms with Crippen LogP contribution in [-0.4, -0.2) is 75.3 Å². The molecule has 0 fully saturated rings. The van der Waals surface area contributed by atoms with E-state index in [-0.39, 0.29) is 48.2 Å². The number of likely N-dealkylation sites (N-methyl/N-ethyl adjacent to an activating group) is 1. The molecule has 0 radical (unpaired) electrons. The number of aliphatic hydroxyl groups is 1. The summed E-state index contributed by atoms with van der Waals surface area (Å²) in [5, 5.41) is 9.77. The van der Waals surface area contributed by atoms with E-state index in [1.54, 1.807) is 38.3 Å². The Balaban J connectivity index is 1.95. The molecular weight excluding hydrogens is 471 g/mol.